The third kappa shape index (κ3) is 5.55. The number of nitrogens with zero attached hydrogens (tertiary/aromatic N) is 1. The van der Waals surface area contributed by atoms with Crippen LogP contribution in [0.3, 0.4) is 0 Å². The molecule has 0 aromatic heterocycles. The van der Waals surface area contributed by atoms with Crippen molar-refractivity contribution in [3.63, 3.8) is 0 Å². The fourth-order valence-electron chi connectivity index (χ4n) is 2.54. The van der Waals surface area contributed by atoms with E-state index in [1.54, 1.807) is 0 Å². The first kappa shape index (κ1) is 16.1. The van der Waals surface area contributed by atoms with Gasteiger partial charge in [0.05, 0.1) is 6.42 Å². The summed E-state index contributed by atoms with van der Waals surface area (Å²) in [7, 11) is 0. The van der Waals surface area contributed by atoms with Crippen molar-refractivity contribution in [3.8, 4) is 0 Å². The van der Waals surface area contributed by atoms with Crippen LogP contribution < -0.4 is 5.32 Å². The minimum Gasteiger partial charge on any atom is -0.344 e. The Balaban J connectivity index is 1.96. The molecule has 1 unspecified atom stereocenters. The lowest BCUT2D eigenvalue weighted by atomic mass is 10.1. The molecule has 1 heterocycles. The summed E-state index contributed by atoms with van der Waals surface area (Å²) in [6.45, 7) is 0.0620. The van der Waals surface area contributed by atoms with E-state index in [0.717, 1.165) is 25.7 Å². The van der Waals surface area contributed by atoms with Crippen LogP contribution in [0.5, 0.6) is 0 Å². The highest BCUT2D eigenvalue weighted by Gasteiger charge is 2.34. The smallest absolute Gasteiger partial charge is 0.344 e. The number of hydrogen-bond donors (Lipinski definition) is 1. The number of halogens is 3. The Morgan fingerprint density at radius 1 is 1.24 bits per heavy atom. The Hall–Kier alpha value is -1.27. The molecule has 0 bridgehead atoms. The number of nitrogens with one attached hydrogen (secondary N) is 1. The molecule has 2 amide bonds. The molecule has 1 saturated carbocycles. The maximum absolute atomic E-state index is 12.4. The van der Waals surface area contributed by atoms with Crippen molar-refractivity contribution in [2.24, 2.45) is 5.92 Å². The molecule has 1 aliphatic carbocycles. The number of alkyl halides is 3. The van der Waals surface area contributed by atoms with Crippen LogP contribution in [0.15, 0.2) is 0 Å². The third-order valence-corrected chi connectivity index (χ3v) is 3.93. The van der Waals surface area contributed by atoms with Gasteiger partial charge < -0.3 is 10.2 Å². The number of carbonyl (C=O) groups is 2. The normalized spacial score (nSPS) is 23.4. The summed E-state index contributed by atoms with van der Waals surface area (Å²) in [5, 5.41) is 2.64. The van der Waals surface area contributed by atoms with Crippen molar-refractivity contribution in [1.82, 2.24) is 10.2 Å². The van der Waals surface area contributed by atoms with Crippen molar-refractivity contribution in [2.75, 3.05) is 13.1 Å². The SMILES string of the molecule is O=C1CCCCC(C(=O)N(CCC(F)(F)F)CC2CC2)N1. The maximum Gasteiger partial charge on any atom is 0.390 e. The molecule has 0 aromatic carbocycles. The van der Waals surface area contributed by atoms with E-state index in [2.05, 4.69) is 5.32 Å². The van der Waals surface area contributed by atoms with Gasteiger partial charge in [-0.15, -0.1) is 0 Å². The van der Waals surface area contributed by atoms with E-state index in [1.807, 2.05) is 0 Å². The summed E-state index contributed by atoms with van der Waals surface area (Å²) < 4.78 is 37.2. The third-order valence-electron chi connectivity index (χ3n) is 3.93. The van der Waals surface area contributed by atoms with Crippen molar-refractivity contribution >= 4 is 11.8 Å². The largest absolute Gasteiger partial charge is 0.390 e. The fourth-order valence-corrected chi connectivity index (χ4v) is 2.54. The molecule has 21 heavy (non-hydrogen) atoms. The van der Waals surface area contributed by atoms with Crippen LogP contribution in [0.1, 0.15) is 44.9 Å². The minimum absolute atomic E-state index is 0.187. The number of carbonyl (C=O) groups excluding carboxylic acids is 2. The topological polar surface area (TPSA) is 49.4 Å². The molecule has 2 aliphatic rings. The Morgan fingerprint density at radius 3 is 2.57 bits per heavy atom. The summed E-state index contributed by atoms with van der Waals surface area (Å²) in [6, 6.07) is -0.660. The molecule has 120 valence electrons. The van der Waals surface area contributed by atoms with Gasteiger partial charge in [-0.2, -0.15) is 13.2 Å². The van der Waals surface area contributed by atoms with Crippen molar-refractivity contribution < 1.29 is 22.8 Å². The molecule has 0 radical (unpaired) electrons. The Bertz CT molecular complexity index is 394. The number of rotatable bonds is 5. The second kappa shape index (κ2) is 6.66. The van der Waals surface area contributed by atoms with Gasteiger partial charge in [-0.25, -0.2) is 0 Å². The molecule has 7 heteroatoms. The molecular weight excluding hydrogens is 285 g/mol. The van der Waals surface area contributed by atoms with Gasteiger partial charge in [-0.3, -0.25) is 9.59 Å². The second-order valence-corrected chi connectivity index (χ2v) is 5.96. The molecule has 1 N–H and O–H groups in total. The Labute approximate surface area is 122 Å². The van der Waals surface area contributed by atoms with Crippen LogP contribution in [0.4, 0.5) is 13.2 Å². The molecule has 1 saturated heterocycles. The summed E-state index contributed by atoms with van der Waals surface area (Å²) >= 11 is 0. The van der Waals surface area contributed by atoms with Crippen molar-refractivity contribution in [1.29, 1.82) is 0 Å². The lowest BCUT2D eigenvalue weighted by Crippen LogP contribution is -2.49. The van der Waals surface area contributed by atoms with E-state index in [4.69, 9.17) is 0 Å². The first-order valence-corrected chi connectivity index (χ1v) is 7.50. The van der Waals surface area contributed by atoms with Crippen LogP contribution in [0, 0.1) is 5.92 Å². The van der Waals surface area contributed by atoms with Crippen molar-refractivity contribution in [3.05, 3.63) is 0 Å². The minimum atomic E-state index is -4.27. The van der Waals surface area contributed by atoms with Gasteiger partial charge >= 0.3 is 6.18 Å². The Kier molecular flexibility index (Phi) is 5.11. The number of hydrogen-bond acceptors (Lipinski definition) is 2. The summed E-state index contributed by atoms with van der Waals surface area (Å²) in [5.74, 6) is -0.224. The highest BCUT2D eigenvalue weighted by molar-refractivity contribution is 5.88. The quantitative estimate of drug-likeness (QED) is 0.847. The number of amides is 2. The monoisotopic (exact) mass is 306 g/mol. The Morgan fingerprint density at radius 2 is 1.95 bits per heavy atom. The van der Waals surface area contributed by atoms with Crippen LogP contribution in [-0.4, -0.2) is 42.0 Å². The van der Waals surface area contributed by atoms with E-state index < -0.39 is 18.6 Å². The van der Waals surface area contributed by atoms with E-state index in [0.29, 0.717) is 25.3 Å². The highest BCUT2D eigenvalue weighted by Crippen LogP contribution is 2.31. The molecule has 2 fully saturated rings. The molecule has 4 nitrogen and oxygen atoms in total. The highest BCUT2D eigenvalue weighted by atomic mass is 19.4. The van der Waals surface area contributed by atoms with Crippen LogP contribution in [-0.2, 0) is 9.59 Å². The molecule has 2 rings (SSSR count). The molecule has 0 aromatic rings. The van der Waals surface area contributed by atoms with Gasteiger partial charge in [-0.1, -0.05) is 6.42 Å². The maximum atomic E-state index is 12.4. The summed E-state index contributed by atoms with van der Waals surface area (Å²) in [4.78, 5) is 25.2. The summed E-state index contributed by atoms with van der Waals surface area (Å²) in [5.41, 5.74) is 0. The van der Waals surface area contributed by atoms with Gasteiger partial charge in [0.25, 0.3) is 0 Å². The van der Waals surface area contributed by atoms with Gasteiger partial charge in [0.15, 0.2) is 0 Å². The second-order valence-electron chi connectivity index (χ2n) is 5.96. The van der Waals surface area contributed by atoms with Gasteiger partial charge in [0, 0.05) is 19.5 Å². The fraction of sp³-hybridized carbons (Fsp3) is 0.857. The van der Waals surface area contributed by atoms with Gasteiger partial charge in [0.1, 0.15) is 6.04 Å². The predicted molar refractivity (Wildman–Crippen MR) is 70.4 cm³/mol. The lowest BCUT2D eigenvalue weighted by molar-refractivity contribution is -0.147. The molecular formula is C14H21F3N2O2. The van der Waals surface area contributed by atoms with E-state index in [1.165, 1.54) is 4.90 Å². The van der Waals surface area contributed by atoms with Gasteiger partial charge in [-0.05, 0) is 31.6 Å². The average Bonchev–Trinajstić information content (AvgIpc) is 3.20. The van der Waals surface area contributed by atoms with E-state index in [-0.39, 0.29) is 18.4 Å². The average molecular weight is 306 g/mol. The van der Waals surface area contributed by atoms with E-state index >= 15 is 0 Å². The first-order valence-electron chi connectivity index (χ1n) is 7.50. The van der Waals surface area contributed by atoms with Crippen LogP contribution in [0.2, 0.25) is 0 Å². The zero-order chi connectivity index (χ0) is 15.5. The molecule has 1 atom stereocenters. The zero-order valence-electron chi connectivity index (χ0n) is 11.9. The predicted octanol–water partition coefficient (Wildman–Crippen LogP) is 2.24. The zero-order valence-corrected chi connectivity index (χ0v) is 11.9. The van der Waals surface area contributed by atoms with Crippen molar-refractivity contribution in [2.45, 2.75) is 57.2 Å². The van der Waals surface area contributed by atoms with Crippen LogP contribution in [0.25, 0.3) is 0 Å². The summed E-state index contributed by atoms with van der Waals surface area (Å²) in [6.07, 6.45) is -0.972. The lowest BCUT2D eigenvalue weighted by Gasteiger charge is -2.27. The molecule has 0 spiro atoms. The first-order chi connectivity index (χ1) is 9.85. The standard InChI is InChI=1S/C14H21F3N2O2/c15-14(16,17)7-8-19(9-10-5-6-10)13(21)11-3-1-2-4-12(20)18-11/h10-11H,1-9H2,(H,18,20). The molecule has 1 aliphatic heterocycles. The van der Waals surface area contributed by atoms with Crippen LogP contribution >= 0.6 is 0 Å². The van der Waals surface area contributed by atoms with E-state index in [9.17, 15) is 22.8 Å². The van der Waals surface area contributed by atoms with Gasteiger partial charge in [0.2, 0.25) is 11.8 Å².